The average molecular weight is 429 g/mol. The standard InChI is InChI=1S/C23H32N4O2S/c1-5-25(6-2)22(29)19-10-13-26(14-11-19)21(28)16-30-23-24-12-15-27(23)20-9-7-8-17(3)18(20)4/h7-9,12,15,19H,5-6,10-11,13-14,16H2,1-4H3. The Morgan fingerprint density at radius 2 is 1.87 bits per heavy atom. The predicted molar refractivity (Wildman–Crippen MR) is 121 cm³/mol. The maximum Gasteiger partial charge on any atom is 0.233 e. The molecule has 3 rings (SSSR count). The number of carbonyl (C=O) groups excluding carboxylic acids is 2. The molecule has 0 bridgehead atoms. The first kappa shape index (κ1) is 22.4. The van der Waals surface area contributed by atoms with Gasteiger partial charge in [0.1, 0.15) is 0 Å². The largest absolute Gasteiger partial charge is 0.343 e. The van der Waals surface area contributed by atoms with E-state index in [2.05, 4.69) is 35.5 Å². The zero-order valence-electron chi connectivity index (χ0n) is 18.4. The van der Waals surface area contributed by atoms with E-state index < -0.39 is 0 Å². The van der Waals surface area contributed by atoms with Crippen LogP contribution in [-0.2, 0) is 9.59 Å². The first-order chi connectivity index (χ1) is 14.5. The molecule has 1 aliphatic heterocycles. The third-order valence-corrected chi connectivity index (χ3v) is 6.99. The molecule has 0 spiro atoms. The molecule has 0 atom stereocenters. The smallest absolute Gasteiger partial charge is 0.233 e. The Balaban J connectivity index is 1.56. The highest BCUT2D eigenvalue weighted by atomic mass is 32.2. The molecule has 0 saturated carbocycles. The summed E-state index contributed by atoms with van der Waals surface area (Å²) in [7, 11) is 0. The van der Waals surface area contributed by atoms with E-state index in [1.54, 1.807) is 6.20 Å². The number of aryl methyl sites for hydroxylation is 1. The molecule has 0 N–H and O–H groups in total. The number of rotatable bonds is 7. The van der Waals surface area contributed by atoms with Crippen LogP contribution in [0.15, 0.2) is 35.7 Å². The molecule has 0 radical (unpaired) electrons. The number of piperidine rings is 1. The number of benzene rings is 1. The van der Waals surface area contributed by atoms with Crippen molar-refractivity contribution in [2.75, 3.05) is 31.9 Å². The quantitative estimate of drug-likeness (QED) is 0.631. The Morgan fingerprint density at radius 1 is 1.17 bits per heavy atom. The first-order valence-electron chi connectivity index (χ1n) is 10.8. The van der Waals surface area contributed by atoms with Gasteiger partial charge in [-0.15, -0.1) is 0 Å². The van der Waals surface area contributed by atoms with Crippen LogP contribution in [0.5, 0.6) is 0 Å². The number of carbonyl (C=O) groups is 2. The minimum atomic E-state index is 0.0461. The maximum atomic E-state index is 12.8. The predicted octanol–water partition coefficient (Wildman–Crippen LogP) is 3.69. The van der Waals surface area contributed by atoms with Gasteiger partial charge in [0.05, 0.1) is 11.4 Å². The monoisotopic (exact) mass is 428 g/mol. The van der Waals surface area contributed by atoms with Crippen LogP contribution in [0.1, 0.15) is 37.8 Å². The van der Waals surface area contributed by atoms with Crippen molar-refractivity contribution in [2.24, 2.45) is 5.92 Å². The fourth-order valence-electron chi connectivity index (χ4n) is 3.96. The molecular formula is C23H32N4O2S. The summed E-state index contributed by atoms with van der Waals surface area (Å²) >= 11 is 1.47. The van der Waals surface area contributed by atoms with E-state index in [4.69, 9.17) is 0 Å². The van der Waals surface area contributed by atoms with Gasteiger partial charge in [0.25, 0.3) is 0 Å². The van der Waals surface area contributed by atoms with E-state index in [1.165, 1.54) is 22.9 Å². The minimum Gasteiger partial charge on any atom is -0.343 e. The second-order valence-electron chi connectivity index (χ2n) is 7.75. The summed E-state index contributed by atoms with van der Waals surface area (Å²) in [6, 6.07) is 6.22. The van der Waals surface area contributed by atoms with Gasteiger partial charge < -0.3 is 9.80 Å². The Bertz CT molecular complexity index is 883. The van der Waals surface area contributed by atoms with E-state index in [0.717, 1.165) is 36.8 Å². The van der Waals surface area contributed by atoms with Crippen molar-refractivity contribution < 1.29 is 9.59 Å². The van der Waals surface area contributed by atoms with Gasteiger partial charge in [-0.25, -0.2) is 4.98 Å². The van der Waals surface area contributed by atoms with Gasteiger partial charge in [-0.2, -0.15) is 0 Å². The van der Waals surface area contributed by atoms with E-state index in [0.29, 0.717) is 18.8 Å². The molecule has 2 amide bonds. The third-order valence-electron chi connectivity index (χ3n) is 6.04. The van der Waals surface area contributed by atoms with Crippen LogP contribution in [0.4, 0.5) is 0 Å². The van der Waals surface area contributed by atoms with E-state index in [1.807, 2.05) is 35.9 Å². The van der Waals surface area contributed by atoms with Gasteiger partial charge in [-0.3, -0.25) is 14.2 Å². The number of hydrogen-bond acceptors (Lipinski definition) is 4. The Kier molecular flexibility index (Phi) is 7.58. The lowest BCUT2D eigenvalue weighted by Crippen LogP contribution is -2.44. The number of nitrogens with zero attached hydrogens (tertiary/aromatic N) is 4. The highest BCUT2D eigenvalue weighted by Gasteiger charge is 2.29. The Labute approximate surface area is 183 Å². The van der Waals surface area contributed by atoms with Gasteiger partial charge in [-0.1, -0.05) is 23.9 Å². The highest BCUT2D eigenvalue weighted by molar-refractivity contribution is 7.99. The zero-order chi connectivity index (χ0) is 21.7. The molecule has 1 fully saturated rings. The Hall–Kier alpha value is -2.28. The minimum absolute atomic E-state index is 0.0461. The van der Waals surface area contributed by atoms with Crippen LogP contribution in [0.25, 0.3) is 5.69 Å². The normalized spacial score (nSPS) is 14.7. The molecule has 1 saturated heterocycles. The molecule has 1 aliphatic rings. The lowest BCUT2D eigenvalue weighted by atomic mass is 9.95. The molecular weight excluding hydrogens is 396 g/mol. The molecule has 1 aromatic heterocycles. The second kappa shape index (κ2) is 10.2. The third kappa shape index (κ3) is 4.89. The lowest BCUT2D eigenvalue weighted by Gasteiger charge is -2.33. The summed E-state index contributed by atoms with van der Waals surface area (Å²) in [4.78, 5) is 33.6. The van der Waals surface area contributed by atoms with Gasteiger partial charge in [0, 0.05) is 44.5 Å². The zero-order valence-corrected chi connectivity index (χ0v) is 19.2. The van der Waals surface area contributed by atoms with Crippen LogP contribution in [0.3, 0.4) is 0 Å². The fourth-order valence-corrected chi connectivity index (χ4v) is 4.83. The first-order valence-corrected chi connectivity index (χ1v) is 11.7. The molecule has 7 heteroatoms. The summed E-state index contributed by atoms with van der Waals surface area (Å²) in [5.41, 5.74) is 3.54. The summed E-state index contributed by atoms with van der Waals surface area (Å²) in [6.07, 6.45) is 5.23. The van der Waals surface area contributed by atoms with Gasteiger partial charge in [0.15, 0.2) is 5.16 Å². The number of imidazole rings is 1. The van der Waals surface area contributed by atoms with Crippen molar-refractivity contribution in [1.29, 1.82) is 0 Å². The number of aromatic nitrogens is 2. The number of likely N-dealkylation sites (tertiary alicyclic amines) is 1. The summed E-state index contributed by atoms with van der Waals surface area (Å²) in [6.45, 7) is 11.0. The Morgan fingerprint density at radius 3 is 2.53 bits per heavy atom. The molecule has 30 heavy (non-hydrogen) atoms. The molecule has 2 heterocycles. The van der Waals surface area contributed by atoms with E-state index in [9.17, 15) is 9.59 Å². The number of amides is 2. The summed E-state index contributed by atoms with van der Waals surface area (Å²) in [5.74, 6) is 0.752. The molecule has 1 aromatic carbocycles. The van der Waals surface area contributed by atoms with Crippen LogP contribution in [-0.4, -0.2) is 63.1 Å². The van der Waals surface area contributed by atoms with Crippen LogP contribution >= 0.6 is 11.8 Å². The fraction of sp³-hybridized carbons (Fsp3) is 0.522. The van der Waals surface area contributed by atoms with Gasteiger partial charge in [0.2, 0.25) is 11.8 Å². The van der Waals surface area contributed by atoms with Crippen molar-refractivity contribution >= 4 is 23.6 Å². The molecule has 162 valence electrons. The van der Waals surface area contributed by atoms with Crippen molar-refractivity contribution in [1.82, 2.24) is 19.4 Å². The number of hydrogen-bond donors (Lipinski definition) is 0. The van der Waals surface area contributed by atoms with Crippen molar-refractivity contribution in [3.8, 4) is 5.69 Å². The lowest BCUT2D eigenvalue weighted by molar-refractivity contribution is -0.139. The average Bonchev–Trinajstić information content (AvgIpc) is 3.23. The van der Waals surface area contributed by atoms with Gasteiger partial charge >= 0.3 is 0 Å². The van der Waals surface area contributed by atoms with Crippen molar-refractivity contribution in [2.45, 2.75) is 45.7 Å². The summed E-state index contributed by atoms with van der Waals surface area (Å²) in [5, 5.41) is 0.823. The number of thioether (sulfide) groups is 1. The topological polar surface area (TPSA) is 58.4 Å². The van der Waals surface area contributed by atoms with E-state index in [-0.39, 0.29) is 17.7 Å². The van der Waals surface area contributed by atoms with Gasteiger partial charge in [-0.05, 0) is 57.7 Å². The summed E-state index contributed by atoms with van der Waals surface area (Å²) < 4.78 is 2.05. The van der Waals surface area contributed by atoms with Crippen molar-refractivity contribution in [3.63, 3.8) is 0 Å². The van der Waals surface area contributed by atoms with Crippen LogP contribution in [0, 0.1) is 19.8 Å². The molecule has 0 unspecified atom stereocenters. The van der Waals surface area contributed by atoms with Crippen LogP contribution in [0.2, 0.25) is 0 Å². The molecule has 0 aliphatic carbocycles. The van der Waals surface area contributed by atoms with Crippen LogP contribution < -0.4 is 0 Å². The second-order valence-corrected chi connectivity index (χ2v) is 8.70. The maximum absolute atomic E-state index is 12.8. The van der Waals surface area contributed by atoms with E-state index >= 15 is 0 Å². The SMILES string of the molecule is CCN(CC)C(=O)C1CCN(C(=O)CSc2nccn2-c2cccc(C)c2C)CC1. The van der Waals surface area contributed by atoms with Crippen molar-refractivity contribution in [3.05, 3.63) is 41.7 Å². The highest BCUT2D eigenvalue weighted by Crippen LogP contribution is 2.25. The molecule has 6 nitrogen and oxygen atoms in total. The molecule has 2 aromatic rings.